The summed E-state index contributed by atoms with van der Waals surface area (Å²) in [5.41, 5.74) is 1.81. The van der Waals surface area contributed by atoms with Gasteiger partial charge in [-0.25, -0.2) is 9.78 Å². The molecule has 0 fully saturated rings. The highest BCUT2D eigenvalue weighted by atomic mass is 35.5. The summed E-state index contributed by atoms with van der Waals surface area (Å²) in [6, 6.07) is 9.63. The van der Waals surface area contributed by atoms with E-state index in [0.29, 0.717) is 17.9 Å². The highest BCUT2D eigenvalue weighted by Gasteiger charge is 2.19. The zero-order valence-electron chi connectivity index (χ0n) is 10.8. The van der Waals surface area contributed by atoms with Crippen molar-refractivity contribution >= 4 is 27.0 Å². The van der Waals surface area contributed by atoms with E-state index >= 15 is 0 Å². The molecule has 0 aliphatic heterocycles. The van der Waals surface area contributed by atoms with Crippen molar-refractivity contribution in [3.63, 3.8) is 0 Å². The SMILES string of the molecule is Cc1c(Cl)ncc(OCc2ccccc2)c1C(=O)OP. The third kappa shape index (κ3) is 3.27. The molecule has 1 aromatic heterocycles. The summed E-state index contributed by atoms with van der Waals surface area (Å²) in [6.45, 7) is 2.03. The Morgan fingerprint density at radius 2 is 2.05 bits per heavy atom. The molecule has 0 amide bonds. The molecule has 0 spiro atoms. The summed E-state index contributed by atoms with van der Waals surface area (Å²) >= 11 is 5.92. The number of benzene rings is 1. The molecule has 6 heteroatoms. The molecule has 0 saturated heterocycles. The molecule has 104 valence electrons. The second kappa shape index (κ2) is 6.69. The molecule has 0 saturated carbocycles. The lowest BCUT2D eigenvalue weighted by Crippen LogP contribution is -2.07. The predicted molar refractivity (Wildman–Crippen MR) is 79.9 cm³/mol. The third-order valence-electron chi connectivity index (χ3n) is 2.77. The molecule has 2 rings (SSSR count). The van der Waals surface area contributed by atoms with Crippen molar-refractivity contribution in [2.24, 2.45) is 0 Å². The van der Waals surface area contributed by atoms with E-state index < -0.39 is 5.97 Å². The zero-order chi connectivity index (χ0) is 14.5. The fourth-order valence-electron chi connectivity index (χ4n) is 1.72. The summed E-state index contributed by atoms with van der Waals surface area (Å²) < 4.78 is 10.3. The summed E-state index contributed by atoms with van der Waals surface area (Å²) in [5.74, 6) is -0.178. The van der Waals surface area contributed by atoms with Gasteiger partial charge in [-0.3, -0.25) is 0 Å². The van der Waals surface area contributed by atoms with Crippen LogP contribution in [-0.4, -0.2) is 11.0 Å². The smallest absolute Gasteiger partial charge is 0.344 e. The van der Waals surface area contributed by atoms with Crippen LogP contribution in [0.25, 0.3) is 0 Å². The Morgan fingerprint density at radius 1 is 1.35 bits per heavy atom. The number of pyridine rings is 1. The summed E-state index contributed by atoms with van der Waals surface area (Å²) in [4.78, 5) is 15.8. The maximum atomic E-state index is 11.8. The molecule has 1 aromatic carbocycles. The van der Waals surface area contributed by atoms with Gasteiger partial charge in [-0.1, -0.05) is 41.9 Å². The maximum Gasteiger partial charge on any atom is 0.344 e. The second-order valence-corrected chi connectivity index (χ2v) is 4.69. The lowest BCUT2D eigenvalue weighted by atomic mass is 10.1. The Kier molecular flexibility index (Phi) is 4.94. The van der Waals surface area contributed by atoms with Crippen LogP contribution in [0.5, 0.6) is 5.75 Å². The third-order valence-corrected chi connectivity index (χ3v) is 3.37. The van der Waals surface area contributed by atoms with Crippen LogP contribution in [0.4, 0.5) is 0 Å². The monoisotopic (exact) mass is 309 g/mol. The van der Waals surface area contributed by atoms with Gasteiger partial charge >= 0.3 is 5.97 Å². The highest BCUT2D eigenvalue weighted by Crippen LogP contribution is 2.28. The first-order chi connectivity index (χ1) is 9.63. The number of rotatable bonds is 4. The van der Waals surface area contributed by atoms with Gasteiger partial charge < -0.3 is 9.26 Å². The van der Waals surface area contributed by atoms with Crippen molar-refractivity contribution in [3.8, 4) is 5.75 Å². The molecule has 0 N–H and O–H groups in total. The molecule has 0 aliphatic carbocycles. The maximum absolute atomic E-state index is 11.8. The number of hydrogen-bond acceptors (Lipinski definition) is 4. The minimum atomic E-state index is -0.528. The van der Waals surface area contributed by atoms with Gasteiger partial charge in [-0.15, -0.1) is 0 Å². The van der Waals surface area contributed by atoms with E-state index in [1.807, 2.05) is 39.8 Å². The van der Waals surface area contributed by atoms with Crippen LogP contribution >= 0.6 is 21.1 Å². The highest BCUT2D eigenvalue weighted by molar-refractivity contribution is 7.10. The molecule has 4 nitrogen and oxygen atoms in total. The van der Waals surface area contributed by atoms with E-state index in [4.69, 9.17) is 16.3 Å². The van der Waals surface area contributed by atoms with Crippen molar-refractivity contribution < 1.29 is 14.1 Å². The Hall–Kier alpha value is -1.64. The number of hydrogen-bond donors (Lipinski definition) is 0. The van der Waals surface area contributed by atoms with Gasteiger partial charge in [0.2, 0.25) is 0 Å². The lowest BCUT2D eigenvalue weighted by molar-refractivity contribution is 0.0759. The molecule has 2 aromatic rings. The lowest BCUT2D eigenvalue weighted by Gasteiger charge is -2.12. The van der Waals surface area contributed by atoms with Crippen LogP contribution < -0.4 is 4.74 Å². The van der Waals surface area contributed by atoms with Crippen LogP contribution in [-0.2, 0) is 11.1 Å². The van der Waals surface area contributed by atoms with Crippen molar-refractivity contribution in [1.82, 2.24) is 4.98 Å². The summed E-state index contributed by atoms with van der Waals surface area (Å²) in [7, 11) is 1.92. The first-order valence-electron chi connectivity index (χ1n) is 5.86. The van der Waals surface area contributed by atoms with Crippen molar-refractivity contribution in [3.05, 3.63) is 58.4 Å². The normalized spacial score (nSPS) is 10.2. The average molecular weight is 310 g/mol. The second-order valence-electron chi connectivity index (χ2n) is 4.09. The fourth-order valence-corrected chi connectivity index (χ4v) is 1.98. The van der Waals surface area contributed by atoms with Crippen LogP contribution in [0, 0.1) is 6.92 Å². The van der Waals surface area contributed by atoms with Crippen LogP contribution in [0.1, 0.15) is 21.5 Å². The van der Waals surface area contributed by atoms with Gasteiger partial charge in [0.05, 0.1) is 15.7 Å². The molecule has 0 aliphatic rings. The Bertz CT molecular complexity index is 619. The zero-order valence-corrected chi connectivity index (χ0v) is 12.7. The minimum absolute atomic E-state index is 0.252. The fraction of sp³-hybridized carbons (Fsp3) is 0.143. The summed E-state index contributed by atoms with van der Waals surface area (Å²) in [6.07, 6.45) is 1.43. The Balaban J connectivity index is 2.27. The molecule has 1 atom stereocenters. The first kappa shape index (κ1) is 14.8. The number of ether oxygens (including phenoxy) is 1. The van der Waals surface area contributed by atoms with E-state index in [0.717, 1.165) is 5.56 Å². The van der Waals surface area contributed by atoms with Gasteiger partial charge in [0, 0.05) is 5.56 Å². The van der Waals surface area contributed by atoms with Crippen LogP contribution in [0.3, 0.4) is 0 Å². The topological polar surface area (TPSA) is 48.4 Å². The van der Waals surface area contributed by atoms with E-state index in [1.165, 1.54) is 6.20 Å². The molecule has 0 bridgehead atoms. The number of nitrogens with zero attached hydrogens (tertiary/aromatic N) is 1. The standard InChI is InChI=1S/C14H13ClNO3P/c1-9-12(14(17)19-20)11(7-16-13(9)15)18-8-10-5-3-2-4-6-10/h2-7H,8,20H2,1H3. The van der Waals surface area contributed by atoms with E-state index in [9.17, 15) is 4.79 Å². The van der Waals surface area contributed by atoms with Crippen molar-refractivity contribution in [2.75, 3.05) is 0 Å². The first-order valence-corrected chi connectivity index (χ1v) is 6.71. The Morgan fingerprint density at radius 3 is 2.70 bits per heavy atom. The molecule has 0 radical (unpaired) electrons. The summed E-state index contributed by atoms with van der Waals surface area (Å²) in [5, 5.41) is 0.252. The van der Waals surface area contributed by atoms with Crippen molar-refractivity contribution in [2.45, 2.75) is 13.5 Å². The largest absolute Gasteiger partial charge is 0.486 e. The van der Waals surface area contributed by atoms with Crippen molar-refractivity contribution in [1.29, 1.82) is 0 Å². The average Bonchev–Trinajstić information content (AvgIpc) is 2.48. The van der Waals surface area contributed by atoms with Crippen LogP contribution in [0.15, 0.2) is 36.5 Å². The number of carbonyl (C=O) groups is 1. The molecule has 20 heavy (non-hydrogen) atoms. The number of halogens is 1. The van der Waals surface area contributed by atoms with E-state index in [-0.39, 0.29) is 10.7 Å². The van der Waals surface area contributed by atoms with Crippen LogP contribution in [0.2, 0.25) is 5.15 Å². The van der Waals surface area contributed by atoms with E-state index in [1.54, 1.807) is 6.92 Å². The molecule has 1 unspecified atom stereocenters. The molecular formula is C14H13ClNO3P. The van der Waals surface area contributed by atoms with Gasteiger partial charge in [-0.2, -0.15) is 0 Å². The van der Waals surface area contributed by atoms with Gasteiger partial charge in [0.1, 0.15) is 17.3 Å². The number of aromatic nitrogens is 1. The molecular weight excluding hydrogens is 297 g/mol. The molecule has 1 heterocycles. The predicted octanol–water partition coefficient (Wildman–Crippen LogP) is 3.57. The van der Waals surface area contributed by atoms with Gasteiger partial charge in [0.25, 0.3) is 0 Å². The number of carbonyl (C=O) groups excluding carboxylic acids is 1. The van der Waals surface area contributed by atoms with Gasteiger partial charge in [0.15, 0.2) is 5.75 Å². The van der Waals surface area contributed by atoms with Gasteiger partial charge in [-0.05, 0) is 12.5 Å². The quantitative estimate of drug-likeness (QED) is 0.640. The Labute approximate surface area is 124 Å². The minimum Gasteiger partial charge on any atom is -0.486 e. The van der Waals surface area contributed by atoms with E-state index in [2.05, 4.69) is 9.51 Å².